The normalized spacial score (nSPS) is 14.0. The van der Waals surface area contributed by atoms with Crippen LogP contribution in [-0.2, 0) is 13.1 Å². The molecule has 5 rings (SSSR count). The minimum absolute atomic E-state index is 0.0769. The van der Waals surface area contributed by atoms with Crippen LogP contribution in [-0.4, -0.2) is 45.8 Å². The van der Waals surface area contributed by atoms with Crippen molar-refractivity contribution in [3.8, 4) is 16.9 Å². The van der Waals surface area contributed by atoms with Crippen molar-refractivity contribution in [1.29, 1.82) is 0 Å². The molecular weight excluding hydrogens is 527 g/mol. The van der Waals surface area contributed by atoms with Crippen molar-refractivity contribution >= 4 is 32.6 Å². The van der Waals surface area contributed by atoms with Crippen molar-refractivity contribution in [2.75, 3.05) is 30.3 Å². The summed E-state index contributed by atoms with van der Waals surface area (Å²) < 4.78 is 44.3. The molecule has 4 aromatic rings. The zero-order chi connectivity index (χ0) is 27.9. The number of anilines is 2. The van der Waals surface area contributed by atoms with Crippen LogP contribution in [0.25, 0.3) is 21.5 Å². The maximum absolute atomic E-state index is 12.7. The number of pyridine rings is 1. The first kappa shape index (κ1) is 27.1. The molecule has 1 aliphatic heterocycles. The number of nitrogen functional groups attached to an aromatic ring is 1. The summed E-state index contributed by atoms with van der Waals surface area (Å²) in [6.07, 6.45) is -2.48. The lowest BCUT2D eigenvalue weighted by Crippen LogP contribution is -2.31. The van der Waals surface area contributed by atoms with Gasteiger partial charge in [-0.1, -0.05) is 25.2 Å². The monoisotopic (exact) mass is 557 g/mol. The van der Waals surface area contributed by atoms with Gasteiger partial charge in [0.05, 0.1) is 19.6 Å². The topological polar surface area (TPSA) is 102 Å². The number of ether oxygens (including phenoxy) is 1. The predicted octanol–water partition coefficient (Wildman–Crippen LogP) is 5.52. The average molecular weight is 558 g/mol. The fraction of sp³-hybridized carbons (Fsp3) is 0.407. The molecule has 0 fully saturated rings. The Hall–Kier alpha value is -3.51. The molecule has 12 heteroatoms. The lowest BCUT2D eigenvalue weighted by atomic mass is 9.99. The first-order valence-electron chi connectivity index (χ1n) is 12.7. The first-order valence-corrected chi connectivity index (χ1v) is 13.5. The molecule has 1 aliphatic rings. The number of thiazole rings is 1. The molecule has 8 nitrogen and oxygen atoms in total. The first-order chi connectivity index (χ1) is 18.5. The van der Waals surface area contributed by atoms with Gasteiger partial charge in [-0.15, -0.1) is 0 Å². The number of aromatic nitrogens is 4. The van der Waals surface area contributed by atoms with Crippen molar-refractivity contribution in [3.63, 3.8) is 0 Å². The molecule has 0 radical (unpaired) electrons. The van der Waals surface area contributed by atoms with Crippen molar-refractivity contribution < 1.29 is 17.9 Å². The standard InChI is InChI=1S/C27H30F3N7OS/c1-14(2)22-16(4)34-21(11-32-13-27(28,29)30)36-24(22)37-5-6-38-23-15(3)7-17(8-19(23)12-37)18-9-20-25(33-10-18)39-26(31)35-20/h7-10,14,32H,5-6,11-13H2,1-4H3,(H2,31,35). The summed E-state index contributed by atoms with van der Waals surface area (Å²) in [4.78, 5) is 21.1. The van der Waals surface area contributed by atoms with Gasteiger partial charge in [0.2, 0.25) is 0 Å². The van der Waals surface area contributed by atoms with Crippen LogP contribution in [0.2, 0.25) is 0 Å². The minimum atomic E-state index is -4.30. The van der Waals surface area contributed by atoms with Gasteiger partial charge < -0.3 is 20.7 Å². The SMILES string of the molecule is Cc1cc(-c2cnc3sc(N)nc3c2)cc2c1OCCN(c1nc(CNCC(F)(F)F)nc(C)c1C(C)C)C2. The highest BCUT2D eigenvalue weighted by Gasteiger charge is 2.27. The quantitative estimate of drug-likeness (QED) is 0.320. The Morgan fingerprint density at radius 1 is 1.13 bits per heavy atom. The largest absolute Gasteiger partial charge is 0.491 e. The van der Waals surface area contributed by atoms with Gasteiger partial charge >= 0.3 is 6.18 Å². The van der Waals surface area contributed by atoms with Crippen LogP contribution in [0.15, 0.2) is 24.4 Å². The number of halogens is 3. The summed E-state index contributed by atoms with van der Waals surface area (Å²) in [6.45, 7) is 8.39. The highest BCUT2D eigenvalue weighted by Crippen LogP contribution is 2.37. The molecule has 4 heterocycles. The van der Waals surface area contributed by atoms with Gasteiger partial charge in [-0.3, -0.25) is 0 Å². The fourth-order valence-electron chi connectivity index (χ4n) is 4.99. The summed E-state index contributed by atoms with van der Waals surface area (Å²) in [5.74, 6) is 2.00. The van der Waals surface area contributed by atoms with E-state index in [4.69, 9.17) is 15.5 Å². The van der Waals surface area contributed by atoms with Gasteiger partial charge in [-0.2, -0.15) is 13.2 Å². The molecule has 0 amide bonds. The van der Waals surface area contributed by atoms with E-state index in [1.807, 2.05) is 26.1 Å². The molecule has 0 aliphatic carbocycles. The number of benzene rings is 1. The third-order valence-electron chi connectivity index (χ3n) is 6.57. The van der Waals surface area contributed by atoms with Gasteiger partial charge in [-0.05, 0) is 49.1 Å². The lowest BCUT2D eigenvalue weighted by Gasteiger charge is -2.27. The van der Waals surface area contributed by atoms with Gasteiger partial charge in [0.15, 0.2) is 5.13 Å². The van der Waals surface area contributed by atoms with E-state index in [1.54, 1.807) is 0 Å². The third kappa shape index (κ3) is 5.91. The summed E-state index contributed by atoms with van der Waals surface area (Å²) in [5.41, 5.74) is 12.3. The smallest absolute Gasteiger partial charge is 0.401 e. The fourth-order valence-corrected chi connectivity index (χ4v) is 5.65. The second kappa shape index (κ2) is 10.6. The number of alkyl halides is 3. The zero-order valence-electron chi connectivity index (χ0n) is 22.2. The summed E-state index contributed by atoms with van der Waals surface area (Å²) in [6, 6.07) is 6.15. The van der Waals surface area contributed by atoms with Crippen molar-refractivity contribution in [3.05, 3.63) is 52.6 Å². The van der Waals surface area contributed by atoms with Crippen LogP contribution in [0.3, 0.4) is 0 Å². The summed E-state index contributed by atoms with van der Waals surface area (Å²) in [5, 5.41) is 2.89. The molecule has 3 N–H and O–H groups in total. The van der Waals surface area contributed by atoms with Crippen molar-refractivity contribution in [2.45, 2.75) is 52.9 Å². The van der Waals surface area contributed by atoms with E-state index in [9.17, 15) is 13.2 Å². The van der Waals surface area contributed by atoms with Gasteiger partial charge in [0, 0.05) is 35.1 Å². The van der Waals surface area contributed by atoms with Crippen molar-refractivity contribution in [2.24, 2.45) is 0 Å². The van der Waals surface area contributed by atoms with Crippen LogP contribution in [0.1, 0.15) is 48.0 Å². The number of nitrogens with one attached hydrogen (secondary N) is 1. The molecule has 3 aromatic heterocycles. The number of fused-ring (bicyclic) bond motifs is 2. The van der Waals surface area contributed by atoms with Gasteiger partial charge in [-0.25, -0.2) is 19.9 Å². The highest BCUT2D eigenvalue weighted by molar-refractivity contribution is 7.21. The van der Waals surface area contributed by atoms with E-state index in [1.165, 1.54) is 11.3 Å². The summed E-state index contributed by atoms with van der Waals surface area (Å²) in [7, 11) is 0. The average Bonchev–Trinajstić information content (AvgIpc) is 3.07. The van der Waals surface area contributed by atoms with Crippen LogP contribution in [0.4, 0.5) is 24.1 Å². The second-order valence-electron chi connectivity index (χ2n) is 9.99. The number of nitrogens with two attached hydrogens (primary N) is 1. The van der Waals surface area contributed by atoms with E-state index in [-0.39, 0.29) is 12.5 Å². The van der Waals surface area contributed by atoms with Crippen molar-refractivity contribution in [1.82, 2.24) is 25.3 Å². The molecule has 0 spiro atoms. The maximum atomic E-state index is 12.7. The molecule has 206 valence electrons. The Bertz CT molecular complexity index is 1520. The number of nitrogens with zero attached hydrogens (tertiary/aromatic N) is 5. The molecule has 0 atom stereocenters. The Morgan fingerprint density at radius 3 is 2.67 bits per heavy atom. The lowest BCUT2D eigenvalue weighted by molar-refractivity contribution is -0.125. The van der Waals surface area contributed by atoms with Gasteiger partial charge in [0.1, 0.15) is 34.3 Å². The van der Waals surface area contributed by atoms with E-state index >= 15 is 0 Å². The van der Waals surface area contributed by atoms with Gasteiger partial charge in [0.25, 0.3) is 0 Å². The summed E-state index contributed by atoms with van der Waals surface area (Å²) >= 11 is 1.35. The van der Waals surface area contributed by atoms with Crippen LogP contribution >= 0.6 is 11.3 Å². The number of hydrogen-bond donors (Lipinski definition) is 2. The third-order valence-corrected chi connectivity index (χ3v) is 7.37. The predicted molar refractivity (Wildman–Crippen MR) is 147 cm³/mol. The molecular formula is C27H30F3N7OS. The molecule has 0 saturated heterocycles. The molecule has 0 saturated carbocycles. The Morgan fingerprint density at radius 2 is 1.92 bits per heavy atom. The van der Waals surface area contributed by atoms with Crippen LogP contribution in [0.5, 0.6) is 5.75 Å². The Labute approximate surface area is 228 Å². The second-order valence-corrected chi connectivity index (χ2v) is 11.0. The highest BCUT2D eigenvalue weighted by atomic mass is 32.1. The molecule has 0 unspecified atom stereocenters. The minimum Gasteiger partial charge on any atom is -0.491 e. The van der Waals surface area contributed by atoms with E-state index in [0.717, 1.165) is 55.4 Å². The number of rotatable bonds is 6. The molecule has 39 heavy (non-hydrogen) atoms. The maximum Gasteiger partial charge on any atom is 0.401 e. The zero-order valence-corrected chi connectivity index (χ0v) is 23.0. The molecule has 0 bridgehead atoms. The Balaban J connectivity index is 1.50. The number of aryl methyl sites for hydroxylation is 2. The van der Waals surface area contributed by atoms with E-state index in [2.05, 4.69) is 51.1 Å². The number of hydrogen-bond acceptors (Lipinski definition) is 9. The van der Waals surface area contributed by atoms with E-state index < -0.39 is 12.7 Å². The van der Waals surface area contributed by atoms with Crippen LogP contribution < -0.4 is 20.7 Å². The van der Waals surface area contributed by atoms with E-state index in [0.29, 0.717) is 30.7 Å². The molecule has 1 aromatic carbocycles. The van der Waals surface area contributed by atoms with Crippen LogP contribution in [0, 0.1) is 13.8 Å². The Kier molecular flexibility index (Phi) is 7.34.